The van der Waals surface area contributed by atoms with Crippen molar-refractivity contribution in [2.75, 3.05) is 0 Å². The van der Waals surface area contributed by atoms with Gasteiger partial charge < -0.3 is 5.11 Å². The first-order valence-corrected chi connectivity index (χ1v) is 8.78. The highest BCUT2D eigenvalue weighted by Gasteiger charge is 2.11. The third kappa shape index (κ3) is 3.39. The van der Waals surface area contributed by atoms with Crippen molar-refractivity contribution in [1.82, 2.24) is 9.55 Å². The maximum atomic E-state index is 12.1. The number of hydrogen-bond acceptors (Lipinski definition) is 4. The average molecular weight is 354 g/mol. The molecule has 0 aliphatic rings. The third-order valence-corrected chi connectivity index (χ3v) is 4.79. The molecule has 0 radical (unpaired) electrons. The van der Waals surface area contributed by atoms with Crippen LogP contribution in [0.4, 0.5) is 4.79 Å². The van der Waals surface area contributed by atoms with E-state index in [4.69, 9.17) is 0 Å². The summed E-state index contributed by atoms with van der Waals surface area (Å²) in [7, 11) is 0. The third-order valence-electron chi connectivity index (χ3n) is 3.96. The molecule has 2 aromatic heterocycles. The molecule has 0 amide bonds. The van der Waals surface area contributed by atoms with Gasteiger partial charge in [0.2, 0.25) is 0 Å². The van der Waals surface area contributed by atoms with Crippen molar-refractivity contribution in [3.63, 3.8) is 0 Å². The highest BCUT2D eigenvalue weighted by molar-refractivity contribution is 7.10. The zero-order valence-corrected chi connectivity index (χ0v) is 15.0. The summed E-state index contributed by atoms with van der Waals surface area (Å²) in [6, 6.07) is 6.52. The Bertz CT molecular complexity index is 1040. The summed E-state index contributed by atoms with van der Waals surface area (Å²) >= 11 is 1.57. The first-order chi connectivity index (χ1) is 11.9. The molecule has 0 aliphatic heterocycles. The summed E-state index contributed by atoms with van der Waals surface area (Å²) < 4.78 is 1.13. The first kappa shape index (κ1) is 17.1. The maximum Gasteiger partial charge on any atom is 0.416 e. The van der Waals surface area contributed by atoms with Crippen molar-refractivity contribution in [1.29, 1.82) is 0 Å². The minimum atomic E-state index is -1.11. The summed E-state index contributed by atoms with van der Waals surface area (Å²) in [5.74, 6) is 0.382. The quantitative estimate of drug-likeness (QED) is 0.747. The van der Waals surface area contributed by atoms with Crippen LogP contribution in [-0.4, -0.2) is 20.8 Å². The Hall–Kier alpha value is -2.73. The van der Waals surface area contributed by atoms with Gasteiger partial charge in [-0.25, -0.2) is 14.3 Å². The molecule has 6 heteroatoms. The van der Waals surface area contributed by atoms with Gasteiger partial charge in [0.15, 0.2) is 5.43 Å². The van der Waals surface area contributed by atoms with Gasteiger partial charge in [-0.1, -0.05) is 26.0 Å². The smallest absolute Gasteiger partial charge is 0.416 e. The number of carboxylic acid groups (broad SMARTS) is 1. The lowest BCUT2D eigenvalue weighted by Gasteiger charge is -2.10. The number of hydrogen-bond donors (Lipinski definition) is 1. The molecular formula is C19H18N2O3S. The van der Waals surface area contributed by atoms with Crippen molar-refractivity contribution in [2.45, 2.75) is 26.7 Å². The van der Waals surface area contributed by atoms with Crippen LogP contribution in [0.1, 0.15) is 41.7 Å². The lowest BCUT2D eigenvalue weighted by atomic mass is 10.1. The van der Waals surface area contributed by atoms with Crippen LogP contribution in [0.2, 0.25) is 0 Å². The number of carbonyl (C=O) groups is 1. The molecule has 5 nitrogen and oxygen atoms in total. The van der Waals surface area contributed by atoms with E-state index in [0.717, 1.165) is 20.8 Å². The minimum absolute atomic E-state index is 0.179. The topological polar surface area (TPSA) is 72.2 Å². The summed E-state index contributed by atoms with van der Waals surface area (Å²) in [6.07, 6.45) is 2.67. The Morgan fingerprint density at radius 1 is 1.28 bits per heavy atom. The molecule has 128 valence electrons. The number of thiazole rings is 1. The summed E-state index contributed by atoms with van der Waals surface area (Å²) in [4.78, 5) is 28.2. The van der Waals surface area contributed by atoms with Crippen LogP contribution in [0.25, 0.3) is 23.1 Å². The molecule has 1 N–H and O–H groups in total. The molecule has 3 aromatic rings. The van der Waals surface area contributed by atoms with E-state index in [0.29, 0.717) is 22.5 Å². The maximum absolute atomic E-state index is 12.1. The minimum Gasteiger partial charge on any atom is -0.464 e. The van der Waals surface area contributed by atoms with Gasteiger partial charge >= 0.3 is 6.09 Å². The Morgan fingerprint density at radius 2 is 2.04 bits per heavy atom. The number of rotatable bonds is 3. The summed E-state index contributed by atoms with van der Waals surface area (Å²) in [6.45, 7) is 5.80. The largest absolute Gasteiger partial charge is 0.464 e. The molecule has 0 aliphatic carbocycles. The van der Waals surface area contributed by atoms with E-state index < -0.39 is 6.09 Å². The summed E-state index contributed by atoms with van der Waals surface area (Å²) in [5, 5.41) is 12.8. The average Bonchev–Trinajstić information content (AvgIpc) is 3.01. The van der Waals surface area contributed by atoms with Gasteiger partial charge in [-0.15, -0.1) is 11.3 Å². The molecule has 25 heavy (non-hydrogen) atoms. The Morgan fingerprint density at radius 3 is 2.68 bits per heavy atom. The summed E-state index contributed by atoms with van der Waals surface area (Å²) in [5.41, 5.74) is 2.48. The van der Waals surface area contributed by atoms with Crippen LogP contribution in [0.5, 0.6) is 0 Å². The molecule has 0 fully saturated rings. The number of aryl methyl sites for hydroxylation is 1. The first-order valence-electron chi connectivity index (χ1n) is 7.90. The van der Waals surface area contributed by atoms with Crippen LogP contribution in [0.15, 0.2) is 34.4 Å². The fourth-order valence-corrected chi connectivity index (χ4v) is 3.50. The van der Waals surface area contributed by atoms with E-state index in [1.54, 1.807) is 36.5 Å². The van der Waals surface area contributed by atoms with Gasteiger partial charge in [-0.05, 0) is 36.6 Å². The van der Waals surface area contributed by atoms with Crippen molar-refractivity contribution in [3.05, 3.63) is 61.8 Å². The molecule has 0 unspecified atom stereocenters. The lowest BCUT2D eigenvalue weighted by Crippen LogP contribution is -2.17. The second kappa shape index (κ2) is 6.64. The van der Waals surface area contributed by atoms with E-state index >= 15 is 0 Å². The Kier molecular flexibility index (Phi) is 4.55. The Balaban J connectivity index is 2.05. The molecule has 0 atom stereocenters. The standard InChI is InChI=1S/C19H18N2O3S/c1-11(2)15-10-25-18(20-15)7-5-13-4-6-14-16(9-13)21(19(23)24)12(3)8-17(14)22/h4-11H,1-3H3,(H,23,24)/b7-5+. The van der Waals surface area contributed by atoms with Gasteiger partial charge in [0, 0.05) is 22.5 Å². The van der Waals surface area contributed by atoms with Crippen LogP contribution < -0.4 is 5.43 Å². The predicted molar refractivity (Wildman–Crippen MR) is 101 cm³/mol. The number of aromatic nitrogens is 2. The fraction of sp³-hybridized carbons (Fsp3) is 0.211. The zero-order chi connectivity index (χ0) is 18.1. The van der Waals surface area contributed by atoms with Crippen molar-refractivity contribution >= 4 is 40.5 Å². The highest BCUT2D eigenvalue weighted by atomic mass is 32.1. The highest BCUT2D eigenvalue weighted by Crippen LogP contribution is 2.21. The van der Waals surface area contributed by atoms with Crippen molar-refractivity contribution in [2.24, 2.45) is 0 Å². The predicted octanol–water partition coefficient (Wildman–Crippen LogP) is 4.59. The van der Waals surface area contributed by atoms with Gasteiger partial charge in [0.25, 0.3) is 0 Å². The SMILES string of the molecule is Cc1cc(=O)c2ccc(/C=C/c3nc(C(C)C)cs3)cc2n1C(=O)O. The van der Waals surface area contributed by atoms with Crippen molar-refractivity contribution in [3.8, 4) is 0 Å². The number of nitrogens with zero attached hydrogens (tertiary/aromatic N) is 2. The van der Waals surface area contributed by atoms with Crippen LogP contribution >= 0.6 is 11.3 Å². The van der Waals surface area contributed by atoms with Gasteiger partial charge in [-0.3, -0.25) is 4.79 Å². The van der Waals surface area contributed by atoms with E-state index in [9.17, 15) is 14.7 Å². The molecule has 1 aromatic carbocycles. The molecule has 0 bridgehead atoms. The van der Waals surface area contributed by atoms with Gasteiger partial charge in [-0.2, -0.15) is 0 Å². The van der Waals surface area contributed by atoms with Crippen LogP contribution in [0, 0.1) is 6.92 Å². The molecule has 0 saturated carbocycles. The van der Waals surface area contributed by atoms with Crippen molar-refractivity contribution < 1.29 is 9.90 Å². The lowest BCUT2D eigenvalue weighted by molar-refractivity contribution is 0.197. The number of pyridine rings is 1. The van der Waals surface area contributed by atoms with E-state index in [1.165, 1.54) is 6.07 Å². The van der Waals surface area contributed by atoms with Crippen LogP contribution in [-0.2, 0) is 0 Å². The number of fused-ring (bicyclic) bond motifs is 1. The van der Waals surface area contributed by atoms with E-state index in [1.807, 2.05) is 17.5 Å². The number of benzene rings is 1. The van der Waals surface area contributed by atoms with E-state index in [2.05, 4.69) is 18.8 Å². The molecular weight excluding hydrogens is 336 g/mol. The Labute approximate surface area is 148 Å². The van der Waals surface area contributed by atoms with Gasteiger partial charge in [0.05, 0.1) is 11.2 Å². The van der Waals surface area contributed by atoms with Crippen LogP contribution in [0.3, 0.4) is 0 Å². The molecule has 2 heterocycles. The second-order valence-electron chi connectivity index (χ2n) is 6.14. The zero-order valence-electron chi connectivity index (χ0n) is 14.2. The molecule has 0 saturated heterocycles. The second-order valence-corrected chi connectivity index (χ2v) is 7.03. The van der Waals surface area contributed by atoms with Gasteiger partial charge in [0.1, 0.15) is 5.01 Å². The molecule has 0 spiro atoms. The molecule has 3 rings (SSSR count). The monoisotopic (exact) mass is 354 g/mol. The normalized spacial score (nSPS) is 11.7. The van der Waals surface area contributed by atoms with E-state index in [-0.39, 0.29) is 5.43 Å². The fourth-order valence-electron chi connectivity index (χ4n) is 2.63.